The van der Waals surface area contributed by atoms with E-state index in [2.05, 4.69) is 40.1 Å². The summed E-state index contributed by atoms with van der Waals surface area (Å²) in [5.74, 6) is 0.304. The molecule has 1 aromatic carbocycles. The van der Waals surface area contributed by atoms with E-state index in [4.69, 9.17) is 4.74 Å². The molecule has 0 radical (unpaired) electrons. The second kappa shape index (κ2) is 7.52. The van der Waals surface area contributed by atoms with Gasteiger partial charge in [0.05, 0.1) is 15.9 Å². The van der Waals surface area contributed by atoms with Crippen LogP contribution < -0.4 is 10.1 Å². The summed E-state index contributed by atoms with van der Waals surface area (Å²) in [6, 6.07) is 10.9. The Bertz CT molecular complexity index is 605. The smallest absolute Gasteiger partial charge is 0.137 e. The molecule has 112 valence electrons. The Kier molecular flexibility index (Phi) is 5.70. The molecule has 0 aliphatic carbocycles. The van der Waals surface area contributed by atoms with Gasteiger partial charge in [-0.15, -0.1) is 0 Å². The molecule has 1 heterocycles. The molecular weight excluding hydrogens is 335 g/mol. The van der Waals surface area contributed by atoms with Crippen molar-refractivity contribution in [3.63, 3.8) is 0 Å². The summed E-state index contributed by atoms with van der Waals surface area (Å²) in [6.45, 7) is 5.28. The van der Waals surface area contributed by atoms with Gasteiger partial charge < -0.3 is 10.1 Å². The third-order valence-corrected chi connectivity index (χ3v) is 3.44. The number of benzene rings is 1. The SMILES string of the molecule is CC(C)NCc1cccc(COc2ccc(F)c(Br)c2)n1. The molecule has 2 rings (SSSR count). The predicted octanol–water partition coefficient (Wildman–Crippen LogP) is 4.06. The zero-order chi connectivity index (χ0) is 15.2. The lowest BCUT2D eigenvalue weighted by Gasteiger charge is -2.10. The highest BCUT2D eigenvalue weighted by Gasteiger charge is 2.03. The average Bonchev–Trinajstić information content (AvgIpc) is 2.47. The highest BCUT2D eigenvalue weighted by molar-refractivity contribution is 9.10. The quantitative estimate of drug-likeness (QED) is 0.851. The van der Waals surface area contributed by atoms with Gasteiger partial charge >= 0.3 is 0 Å². The zero-order valence-corrected chi connectivity index (χ0v) is 13.7. The van der Waals surface area contributed by atoms with Crippen LogP contribution in [0.1, 0.15) is 25.2 Å². The van der Waals surface area contributed by atoms with Crippen LogP contribution in [0.4, 0.5) is 4.39 Å². The Labute approximate surface area is 132 Å². The van der Waals surface area contributed by atoms with Crippen molar-refractivity contribution in [2.45, 2.75) is 33.0 Å². The molecule has 0 saturated carbocycles. The second-order valence-electron chi connectivity index (χ2n) is 5.02. The van der Waals surface area contributed by atoms with E-state index in [1.165, 1.54) is 6.07 Å². The summed E-state index contributed by atoms with van der Waals surface area (Å²) in [6.07, 6.45) is 0. The summed E-state index contributed by atoms with van der Waals surface area (Å²) in [5.41, 5.74) is 1.82. The van der Waals surface area contributed by atoms with Crippen molar-refractivity contribution in [2.75, 3.05) is 0 Å². The Balaban J connectivity index is 1.96. The topological polar surface area (TPSA) is 34.1 Å². The van der Waals surface area contributed by atoms with E-state index in [-0.39, 0.29) is 5.82 Å². The first kappa shape index (κ1) is 15.9. The van der Waals surface area contributed by atoms with E-state index >= 15 is 0 Å². The van der Waals surface area contributed by atoms with Gasteiger partial charge in [0, 0.05) is 12.6 Å². The van der Waals surface area contributed by atoms with E-state index in [9.17, 15) is 4.39 Å². The molecule has 0 bridgehead atoms. The lowest BCUT2D eigenvalue weighted by atomic mass is 10.3. The van der Waals surface area contributed by atoms with Crippen molar-refractivity contribution in [3.8, 4) is 5.75 Å². The van der Waals surface area contributed by atoms with Gasteiger partial charge in [0.15, 0.2) is 0 Å². The average molecular weight is 353 g/mol. The van der Waals surface area contributed by atoms with E-state index in [0.717, 1.165) is 17.9 Å². The largest absolute Gasteiger partial charge is 0.487 e. The monoisotopic (exact) mass is 352 g/mol. The minimum atomic E-state index is -0.303. The van der Waals surface area contributed by atoms with Crippen molar-refractivity contribution in [3.05, 3.63) is 58.1 Å². The normalized spacial score (nSPS) is 10.9. The fraction of sp³-hybridized carbons (Fsp3) is 0.312. The highest BCUT2D eigenvalue weighted by atomic mass is 79.9. The molecule has 0 amide bonds. The van der Waals surface area contributed by atoms with Crippen LogP contribution in [-0.4, -0.2) is 11.0 Å². The van der Waals surface area contributed by atoms with Gasteiger partial charge in [-0.3, -0.25) is 4.98 Å². The van der Waals surface area contributed by atoms with Crippen LogP contribution in [0.3, 0.4) is 0 Å². The number of aromatic nitrogens is 1. The van der Waals surface area contributed by atoms with Crippen molar-refractivity contribution in [2.24, 2.45) is 0 Å². The van der Waals surface area contributed by atoms with Gasteiger partial charge in [-0.05, 0) is 46.3 Å². The Hall–Kier alpha value is -1.46. The van der Waals surface area contributed by atoms with Crippen molar-refractivity contribution < 1.29 is 9.13 Å². The number of hydrogen-bond acceptors (Lipinski definition) is 3. The summed E-state index contributed by atoms with van der Waals surface area (Å²) in [4.78, 5) is 4.53. The van der Waals surface area contributed by atoms with E-state index in [1.807, 2.05) is 18.2 Å². The molecule has 3 nitrogen and oxygen atoms in total. The van der Waals surface area contributed by atoms with Gasteiger partial charge in [0.25, 0.3) is 0 Å². The van der Waals surface area contributed by atoms with Gasteiger partial charge in [-0.25, -0.2) is 4.39 Å². The standard InChI is InChI=1S/C16H18BrFN2O/c1-11(2)19-9-12-4-3-5-13(20-12)10-21-14-6-7-16(18)15(17)8-14/h3-8,11,19H,9-10H2,1-2H3. The van der Waals surface area contributed by atoms with Crippen molar-refractivity contribution in [1.82, 2.24) is 10.3 Å². The highest BCUT2D eigenvalue weighted by Crippen LogP contribution is 2.22. The third-order valence-electron chi connectivity index (χ3n) is 2.83. The summed E-state index contributed by atoms with van der Waals surface area (Å²) in [5, 5.41) is 3.33. The number of hydrogen-bond donors (Lipinski definition) is 1. The van der Waals surface area contributed by atoms with Gasteiger partial charge in [0.2, 0.25) is 0 Å². The van der Waals surface area contributed by atoms with E-state index in [1.54, 1.807) is 12.1 Å². The third kappa shape index (κ3) is 5.10. The number of nitrogens with zero attached hydrogens (tertiary/aromatic N) is 1. The number of nitrogens with one attached hydrogen (secondary N) is 1. The maximum absolute atomic E-state index is 13.1. The first-order chi connectivity index (χ1) is 10.0. The fourth-order valence-electron chi connectivity index (χ4n) is 1.74. The van der Waals surface area contributed by atoms with Crippen LogP contribution in [0.2, 0.25) is 0 Å². The van der Waals surface area contributed by atoms with Gasteiger partial charge in [-0.2, -0.15) is 0 Å². The second-order valence-corrected chi connectivity index (χ2v) is 5.87. The molecule has 2 aromatic rings. The molecule has 0 atom stereocenters. The van der Waals surface area contributed by atoms with E-state index in [0.29, 0.717) is 22.9 Å². The first-order valence-corrected chi connectivity index (χ1v) is 7.60. The Morgan fingerprint density at radius 3 is 2.71 bits per heavy atom. The fourth-order valence-corrected chi connectivity index (χ4v) is 2.10. The molecule has 1 aromatic heterocycles. The lowest BCUT2D eigenvalue weighted by molar-refractivity contribution is 0.300. The molecule has 0 aliphatic heterocycles. The summed E-state index contributed by atoms with van der Waals surface area (Å²) < 4.78 is 19.2. The number of pyridine rings is 1. The molecule has 5 heteroatoms. The van der Waals surface area contributed by atoms with Crippen molar-refractivity contribution in [1.29, 1.82) is 0 Å². The molecule has 0 saturated heterocycles. The maximum Gasteiger partial charge on any atom is 0.137 e. The van der Waals surface area contributed by atoms with Crippen molar-refractivity contribution >= 4 is 15.9 Å². The Morgan fingerprint density at radius 2 is 2.00 bits per heavy atom. The van der Waals surface area contributed by atoms with Crippen LogP contribution >= 0.6 is 15.9 Å². The summed E-state index contributed by atoms with van der Waals surface area (Å²) in [7, 11) is 0. The van der Waals surface area contributed by atoms with Crippen LogP contribution in [0.15, 0.2) is 40.9 Å². The minimum absolute atomic E-state index is 0.303. The minimum Gasteiger partial charge on any atom is -0.487 e. The van der Waals surface area contributed by atoms with Crippen LogP contribution in [0.5, 0.6) is 5.75 Å². The molecule has 0 unspecified atom stereocenters. The molecule has 21 heavy (non-hydrogen) atoms. The van der Waals surface area contributed by atoms with E-state index < -0.39 is 0 Å². The van der Waals surface area contributed by atoms with Gasteiger partial charge in [-0.1, -0.05) is 19.9 Å². The number of ether oxygens (including phenoxy) is 1. The van der Waals surface area contributed by atoms with Crippen LogP contribution in [0, 0.1) is 5.82 Å². The number of rotatable bonds is 6. The van der Waals surface area contributed by atoms with Crippen LogP contribution in [0.25, 0.3) is 0 Å². The molecule has 1 N–H and O–H groups in total. The zero-order valence-electron chi connectivity index (χ0n) is 12.1. The lowest BCUT2D eigenvalue weighted by Crippen LogP contribution is -2.22. The molecule has 0 aliphatic rings. The molecule has 0 fully saturated rings. The van der Waals surface area contributed by atoms with Crippen LogP contribution in [-0.2, 0) is 13.2 Å². The van der Waals surface area contributed by atoms with Gasteiger partial charge in [0.1, 0.15) is 18.2 Å². The number of halogens is 2. The predicted molar refractivity (Wildman–Crippen MR) is 84.6 cm³/mol. The molecule has 0 spiro atoms. The maximum atomic E-state index is 13.1. The first-order valence-electron chi connectivity index (χ1n) is 6.80. The Morgan fingerprint density at radius 1 is 1.24 bits per heavy atom. The molecular formula is C16H18BrFN2O. The summed E-state index contributed by atoms with van der Waals surface area (Å²) >= 11 is 3.14.